The van der Waals surface area contributed by atoms with E-state index in [9.17, 15) is 18.0 Å². The summed E-state index contributed by atoms with van der Waals surface area (Å²) in [5, 5.41) is 2.95. The van der Waals surface area contributed by atoms with Crippen LogP contribution in [0.25, 0.3) is 11.4 Å². The summed E-state index contributed by atoms with van der Waals surface area (Å²) in [5.41, 5.74) is 4.47. The quantitative estimate of drug-likeness (QED) is 0.476. The standard InChI is InChI=1S/C26H29F3N6O3/c1-4-37-24(36)19-15-34(3)23-18(19)7-5-16-14-30-25(32-22(16)23)31-20-13-17(35-11-9-33(2)10-12-35)6-8-21(20)38-26(27,28)29/h6,8,13-15H,4-5,7,9-12H2,1-3H3,(H,30,31,32). The Morgan fingerprint density at radius 2 is 1.89 bits per heavy atom. The molecule has 2 aliphatic rings. The number of likely N-dealkylation sites (N-methyl/N-ethyl adjacent to an activating group) is 1. The van der Waals surface area contributed by atoms with Crippen molar-refractivity contribution in [2.45, 2.75) is 26.1 Å². The number of piperazine rings is 1. The van der Waals surface area contributed by atoms with Crippen LogP contribution in [0.2, 0.25) is 0 Å². The predicted octanol–water partition coefficient (Wildman–Crippen LogP) is 4.15. The Balaban J connectivity index is 1.50. The molecule has 3 aromatic rings. The minimum absolute atomic E-state index is 0.105. The summed E-state index contributed by atoms with van der Waals surface area (Å²) >= 11 is 0. The molecular formula is C26H29F3N6O3. The maximum absolute atomic E-state index is 13.2. The second-order valence-electron chi connectivity index (χ2n) is 9.41. The Bertz CT molecular complexity index is 1350. The van der Waals surface area contributed by atoms with E-state index in [1.54, 1.807) is 31.5 Å². The van der Waals surface area contributed by atoms with Gasteiger partial charge in [-0.3, -0.25) is 0 Å². The van der Waals surface area contributed by atoms with E-state index >= 15 is 0 Å². The first-order chi connectivity index (χ1) is 18.1. The van der Waals surface area contributed by atoms with Gasteiger partial charge >= 0.3 is 12.3 Å². The number of nitrogens with one attached hydrogen (secondary N) is 1. The van der Waals surface area contributed by atoms with E-state index < -0.39 is 12.3 Å². The summed E-state index contributed by atoms with van der Waals surface area (Å²) in [7, 11) is 3.85. The molecule has 1 saturated heterocycles. The highest BCUT2D eigenvalue weighted by atomic mass is 19.4. The second kappa shape index (κ2) is 10.2. The molecule has 0 bridgehead atoms. The lowest BCUT2D eigenvalue weighted by atomic mass is 9.93. The molecule has 0 unspecified atom stereocenters. The summed E-state index contributed by atoms with van der Waals surface area (Å²) in [6, 6.07) is 4.56. The zero-order valence-corrected chi connectivity index (χ0v) is 21.4. The lowest BCUT2D eigenvalue weighted by Crippen LogP contribution is -2.44. The molecule has 1 fully saturated rings. The molecule has 1 aromatic carbocycles. The first-order valence-corrected chi connectivity index (χ1v) is 12.4. The number of carbonyl (C=O) groups excluding carboxylic acids is 1. The van der Waals surface area contributed by atoms with E-state index in [1.807, 2.05) is 18.7 Å². The van der Waals surface area contributed by atoms with Gasteiger partial charge in [0.2, 0.25) is 5.95 Å². The zero-order valence-electron chi connectivity index (χ0n) is 21.4. The number of aryl methyl sites for hydroxylation is 2. The van der Waals surface area contributed by atoms with Crippen molar-refractivity contribution >= 4 is 23.3 Å². The number of fused-ring (bicyclic) bond motifs is 3. The molecule has 0 spiro atoms. The molecule has 5 rings (SSSR count). The van der Waals surface area contributed by atoms with Crippen molar-refractivity contribution in [2.75, 3.05) is 50.1 Å². The fourth-order valence-corrected chi connectivity index (χ4v) is 4.95. The Kier molecular flexibility index (Phi) is 6.91. The maximum atomic E-state index is 13.2. The highest BCUT2D eigenvalue weighted by molar-refractivity contribution is 5.94. The molecule has 0 radical (unpaired) electrons. The number of halogens is 3. The molecule has 1 aliphatic carbocycles. The Labute approximate surface area is 218 Å². The molecule has 0 atom stereocenters. The van der Waals surface area contributed by atoms with Crippen molar-refractivity contribution in [3.05, 3.63) is 47.3 Å². The van der Waals surface area contributed by atoms with Crippen LogP contribution in [-0.4, -0.2) is 71.6 Å². The molecular weight excluding hydrogens is 501 g/mol. The summed E-state index contributed by atoms with van der Waals surface area (Å²) < 4.78 is 50.9. The highest BCUT2D eigenvalue weighted by Gasteiger charge is 2.33. The largest absolute Gasteiger partial charge is 0.573 e. The van der Waals surface area contributed by atoms with Gasteiger partial charge in [0, 0.05) is 51.3 Å². The van der Waals surface area contributed by atoms with Gasteiger partial charge in [0.15, 0.2) is 5.75 Å². The molecule has 3 heterocycles. The lowest BCUT2D eigenvalue weighted by Gasteiger charge is -2.34. The number of anilines is 3. The number of rotatable bonds is 6. The first kappa shape index (κ1) is 25.8. The van der Waals surface area contributed by atoms with Crippen LogP contribution in [-0.2, 0) is 24.6 Å². The molecule has 0 amide bonds. The van der Waals surface area contributed by atoms with Crippen LogP contribution < -0.4 is 15.0 Å². The highest BCUT2D eigenvalue weighted by Crippen LogP contribution is 2.38. The number of carbonyl (C=O) groups is 1. The third-order valence-electron chi connectivity index (χ3n) is 6.82. The fourth-order valence-electron chi connectivity index (χ4n) is 4.95. The van der Waals surface area contributed by atoms with Crippen LogP contribution in [0.15, 0.2) is 30.6 Å². The Hall–Kier alpha value is -3.80. The smallest absolute Gasteiger partial charge is 0.462 e. The molecule has 1 N–H and O–H groups in total. The second-order valence-corrected chi connectivity index (χ2v) is 9.41. The summed E-state index contributed by atoms with van der Waals surface area (Å²) in [5.74, 6) is -0.645. The molecule has 38 heavy (non-hydrogen) atoms. The SMILES string of the molecule is CCOC(=O)c1cn(C)c2c1CCc1cnc(Nc3cc(N4CCN(C)CC4)ccc3OC(F)(F)F)nc1-2. The van der Waals surface area contributed by atoms with Gasteiger partial charge < -0.3 is 29.2 Å². The van der Waals surface area contributed by atoms with Crippen molar-refractivity contribution in [3.63, 3.8) is 0 Å². The summed E-state index contributed by atoms with van der Waals surface area (Å²) in [6.45, 7) is 5.23. The number of ether oxygens (including phenoxy) is 2. The van der Waals surface area contributed by atoms with Gasteiger partial charge in [0.05, 0.1) is 29.2 Å². The van der Waals surface area contributed by atoms with Crippen LogP contribution >= 0.6 is 0 Å². The van der Waals surface area contributed by atoms with Crippen molar-refractivity contribution in [2.24, 2.45) is 7.05 Å². The molecule has 9 nitrogen and oxygen atoms in total. The van der Waals surface area contributed by atoms with Crippen molar-refractivity contribution < 1.29 is 27.4 Å². The van der Waals surface area contributed by atoms with Crippen LogP contribution in [0.4, 0.5) is 30.5 Å². The Morgan fingerprint density at radius 1 is 1.13 bits per heavy atom. The normalized spacial score (nSPS) is 15.6. The van der Waals surface area contributed by atoms with Gasteiger partial charge in [0.25, 0.3) is 0 Å². The lowest BCUT2D eigenvalue weighted by molar-refractivity contribution is -0.274. The summed E-state index contributed by atoms with van der Waals surface area (Å²) in [4.78, 5) is 25.8. The first-order valence-electron chi connectivity index (χ1n) is 12.4. The number of nitrogens with zero attached hydrogens (tertiary/aromatic N) is 5. The van der Waals surface area contributed by atoms with E-state index in [2.05, 4.69) is 29.8 Å². The van der Waals surface area contributed by atoms with Crippen molar-refractivity contribution in [3.8, 4) is 17.1 Å². The van der Waals surface area contributed by atoms with Crippen LogP contribution in [0.5, 0.6) is 5.75 Å². The van der Waals surface area contributed by atoms with E-state index in [0.717, 1.165) is 48.7 Å². The van der Waals surface area contributed by atoms with E-state index in [0.29, 0.717) is 24.1 Å². The minimum Gasteiger partial charge on any atom is -0.462 e. The molecule has 12 heteroatoms. The van der Waals surface area contributed by atoms with Crippen molar-refractivity contribution in [1.29, 1.82) is 0 Å². The van der Waals surface area contributed by atoms with E-state index in [1.165, 1.54) is 6.07 Å². The van der Waals surface area contributed by atoms with Gasteiger partial charge in [0.1, 0.15) is 0 Å². The fraction of sp³-hybridized carbons (Fsp3) is 0.423. The van der Waals surface area contributed by atoms with E-state index in [4.69, 9.17) is 4.74 Å². The zero-order chi connectivity index (χ0) is 27.0. The topological polar surface area (TPSA) is 84.8 Å². The third kappa shape index (κ3) is 5.26. The average molecular weight is 531 g/mol. The van der Waals surface area contributed by atoms with Crippen LogP contribution in [0.3, 0.4) is 0 Å². The predicted molar refractivity (Wildman–Crippen MR) is 136 cm³/mol. The van der Waals surface area contributed by atoms with Gasteiger partial charge in [-0.25, -0.2) is 14.8 Å². The van der Waals surface area contributed by atoms with Crippen molar-refractivity contribution in [1.82, 2.24) is 19.4 Å². The number of hydrogen-bond donors (Lipinski definition) is 1. The minimum atomic E-state index is -4.86. The Morgan fingerprint density at radius 3 is 2.61 bits per heavy atom. The van der Waals surface area contributed by atoms with Gasteiger partial charge in [-0.05, 0) is 56.1 Å². The number of alkyl halides is 3. The number of hydrogen-bond acceptors (Lipinski definition) is 8. The maximum Gasteiger partial charge on any atom is 0.573 e. The van der Waals surface area contributed by atoms with Crippen LogP contribution in [0.1, 0.15) is 28.4 Å². The molecule has 1 aliphatic heterocycles. The molecule has 0 saturated carbocycles. The third-order valence-corrected chi connectivity index (χ3v) is 6.82. The number of benzene rings is 1. The van der Waals surface area contributed by atoms with E-state index in [-0.39, 0.29) is 24.0 Å². The van der Waals surface area contributed by atoms with Gasteiger partial charge in [-0.15, -0.1) is 13.2 Å². The summed E-state index contributed by atoms with van der Waals surface area (Å²) in [6.07, 6.45) is -0.213. The van der Waals surface area contributed by atoms with Gasteiger partial charge in [-0.1, -0.05) is 0 Å². The molecule has 202 valence electrons. The average Bonchev–Trinajstić information content (AvgIpc) is 3.22. The molecule has 2 aromatic heterocycles. The van der Waals surface area contributed by atoms with Gasteiger partial charge in [-0.2, -0.15) is 0 Å². The van der Waals surface area contributed by atoms with Crippen LogP contribution in [0, 0.1) is 0 Å². The number of esters is 1. The monoisotopic (exact) mass is 530 g/mol. The number of aromatic nitrogens is 3.